The minimum atomic E-state index is -3.48. The molecule has 2 aromatic carbocycles. The fourth-order valence-electron chi connectivity index (χ4n) is 3.94. The number of carbonyl (C=O) groups is 1. The Hall–Kier alpha value is -2.97. The second-order valence-electron chi connectivity index (χ2n) is 8.22. The number of hydrogen-bond acceptors (Lipinski definition) is 4. The van der Waals surface area contributed by atoms with Gasteiger partial charge in [0.25, 0.3) is 5.91 Å². The molecule has 7 nitrogen and oxygen atoms in total. The molecule has 1 aromatic heterocycles. The van der Waals surface area contributed by atoms with Crippen molar-refractivity contribution in [2.75, 3.05) is 18.4 Å². The number of aromatic nitrogens is 2. The second kappa shape index (κ2) is 9.26. The number of aryl methyl sites for hydroxylation is 2. The van der Waals surface area contributed by atoms with Crippen LogP contribution in [0.5, 0.6) is 0 Å². The zero-order valence-electron chi connectivity index (χ0n) is 18.4. The summed E-state index contributed by atoms with van der Waals surface area (Å²) < 4.78 is 29.0. The van der Waals surface area contributed by atoms with E-state index in [-0.39, 0.29) is 10.8 Å². The lowest BCUT2D eigenvalue weighted by Crippen LogP contribution is -2.35. The first-order valence-electron chi connectivity index (χ1n) is 10.8. The lowest BCUT2D eigenvalue weighted by Gasteiger charge is -2.25. The lowest BCUT2D eigenvalue weighted by atomic mass is 10.1. The third kappa shape index (κ3) is 4.92. The molecule has 4 rings (SSSR count). The number of amides is 1. The molecule has 0 bridgehead atoms. The number of anilines is 1. The smallest absolute Gasteiger partial charge is 0.255 e. The fraction of sp³-hybridized carbons (Fsp3) is 0.333. The Labute approximate surface area is 189 Å². The van der Waals surface area contributed by atoms with Gasteiger partial charge in [-0.15, -0.1) is 0 Å². The van der Waals surface area contributed by atoms with Crippen molar-refractivity contribution in [3.8, 4) is 0 Å². The summed E-state index contributed by atoms with van der Waals surface area (Å²) in [6, 6.07) is 15.8. The van der Waals surface area contributed by atoms with E-state index in [0.717, 1.165) is 36.2 Å². The molecule has 0 radical (unpaired) electrons. The van der Waals surface area contributed by atoms with Crippen molar-refractivity contribution >= 4 is 21.6 Å². The Balaban J connectivity index is 1.39. The number of carbonyl (C=O) groups excluding carboxylic acids is 1. The van der Waals surface area contributed by atoms with Crippen molar-refractivity contribution in [2.24, 2.45) is 0 Å². The molecule has 0 aliphatic carbocycles. The summed E-state index contributed by atoms with van der Waals surface area (Å²) in [6.45, 7) is 5.76. The van der Waals surface area contributed by atoms with Crippen LogP contribution in [0.1, 0.15) is 46.6 Å². The van der Waals surface area contributed by atoms with E-state index in [0.29, 0.717) is 30.9 Å². The molecular weight excluding hydrogens is 424 g/mol. The van der Waals surface area contributed by atoms with Crippen LogP contribution in [-0.2, 0) is 16.6 Å². The quantitative estimate of drug-likeness (QED) is 0.613. The molecule has 168 valence electrons. The average Bonchev–Trinajstić information content (AvgIpc) is 3.11. The van der Waals surface area contributed by atoms with E-state index in [1.807, 2.05) is 36.7 Å². The predicted molar refractivity (Wildman–Crippen MR) is 124 cm³/mol. The highest BCUT2D eigenvalue weighted by Crippen LogP contribution is 2.22. The normalized spacial score (nSPS) is 14.9. The van der Waals surface area contributed by atoms with E-state index >= 15 is 0 Å². The number of hydrogen-bond donors (Lipinski definition) is 1. The van der Waals surface area contributed by atoms with Crippen molar-refractivity contribution in [1.29, 1.82) is 0 Å². The van der Waals surface area contributed by atoms with Gasteiger partial charge in [0.2, 0.25) is 10.0 Å². The van der Waals surface area contributed by atoms with Gasteiger partial charge >= 0.3 is 0 Å². The Bertz CT molecular complexity index is 1190. The minimum absolute atomic E-state index is 0.241. The van der Waals surface area contributed by atoms with Gasteiger partial charge in [-0.3, -0.25) is 9.48 Å². The summed E-state index contributed by atoms with van der Waals surface area (Å²) in [5, 5.41) is 7.30. The van der Waals surface area contributed by atoms with Crippen LogP contribution in [0, 0.1) is 13.8 Å². The van der Waals surface area contributed by atoms with Gasteiger partial charge in [-0.1, -0.05) is 18.6 Å². The largest absolute Gasteiger partial charge is 0.322 e. The van der Waals surface area contributed by atoms with Gasteiger partial charge < -0.3 is 5.32 Å². The van der Waals surface area contributed by atoms with Crippen molar-refractivity contribution in [1.82, 2.24) is 14.1 Å². The molecule has 1 saturated heterocycles. The molecule has 2 heterocycles. The third-order valence-corrected chi connectivity index (χ3v) is 7.63. The lowest BCUT2D eigenvalue weighted by molar-refractivity contribution is 0.102. The van der Waals surface area contributed by atoms with Gasteiger partial charge in [0.1, 0.15) is 0 Å². The zero-order chi connectivity index (χ0) is 22.7. The van der Waals surface area contributed by atoms with Gasteiger partial charge in [0, 0.05) is 30.0 Å². The standard InChI is InChI=1S/C24H28N4O3S/c1-18-16-19(2)28(26-18)17-20-6-8-21(9-7-20)24(29)25-22-10-12-23(13-11-22)32(30,31)27-14-4-3-5-15-27/h6-13,16H,3-5,14-15,17H2,1-2H3,(H,25,29). The van der Waals surface area contributed by atoms with Crippen LogP contribution in [0.25, 0.3) is 0 Å². The Kier molecular flexibility index (Phi) is 6.43. The van der Waals surface area contributed by atoms with Gasteiger partial charge in [-0.25, -0.2) is 8.42 Å². The number of rotatable bonds is 6. The van der Waals surface area contributed by atoms with Crippen molar-refractivity contribution in [3.05, 3.63) is 77.1 Å². The summed E-state index contributed by atoms with van der Waals surface area (Å²) in [4.78, 5) is 12.9. The highest BCUT2D eigenvalue weighted by atomic mass is 32.2. The molecule has 1 amide bonds. The summed E-state index contributed by atoms with van der Waals surface area (Å²) in [6.07, 6.45) is 2.86. The van der Waals surface area contributed by atoms with Gasteiger partial charge in [-0.2, -0.15) is 9.40 Å². The summed E-state index contributed by atoms with van der Waals surface area (Å²) in [5.41, 5.74) is 4.22. The molecular formula is C24H28N4O3S. The van der Waals surface area contributed by atoms with E-state index in [1.54, 1.807) is 36.4 Å². The fourth-order valence-corrected chi connectivity index (χ4v) is 5.45. The number of piperidine rings is 1. The monoisotopic (exact) mass is 452 g/mol. The minimum Gasteiger partial charge on any atom is -0.322 e. The third-order valence-electron chi connectivity index (χ3n) is 5.72. The maximum atomic E-state index is 12.8. The zero-order valence-corrected chi connectivity index (χ0v) is 19.2. The Morgan fingerprint density at radius 3 is 2.22 bits per heavy atom. The topological polar surface area (TPSA) is 84.3 Å². The summed E-state index contributed by atoms with van der Waals surface area (Å²) in [7, 11) is -3.48. The van der Waals surface area contributed by atoms with E-state index in [2.05, 4.69) is 10.4 Å². The molecule has 1 aliphatic heterocycles. The first-order valence-corrected chi connectivity index (χ1v) is 12.3. The second-order valence-corrected chi connectivity index (χ2v) is 10.2. The molecule has 0 atom stereocenters. The summed E-state index contributed by atoms with van der Waals surface area (Å²) in [5.74, 6) is -0.241. The van der Waals surface area contributed by atoms with E-state index < -0.39 is 10.0 Å². The number of nitrogens with one attached hydrogen (secondary N) is 1. The van der Waals surface area contributed by atoms with Crippen LogP contribution < -0.4 is 5.32 Å². The molecule has 8 heteroatoms. The van der Waals surface area contributed by atoms with Crippen molar-refractivity contribution < 1.29 is 13.2 Å². The van der Waals surface area contributed by atoms with E-state index in [9.17, 15) is 13.2 Å². The predicted octanol–water partition coefficient (Wildman–Crippen LogP) is 3.98. The van der Waals surface area contributed by atoms with Crippen molar-refractivity contribution in [2.45, 2.75) is 44.6 Å². The number of sulfonamides is 1. The van der Waals surface area contributed by atoms with E-state index in [4.69, 9.17) is 0 Å². The maximum Gasteiger partial charge on any atom is 0.255 e. The first-order chi connectivity index (χ1) is 15.3. The van der Waals surface area contributed by atoms with Gasteiger partial charge in [-0.05, 0) is 74.7 Å². The number of nitrogens with zero attached hydrogens (tertiary/aromatic N) is 3. The molecule has 0 unspecified atom stereocenters. The first kappa shape index (κ1) is 22.2. The van der Waals surface area contributed by atoms with Crippen LogP contribution in [0.2, 0.25) is 0 Å². The molecule has 3 aromatic rings. The maximum absolute atomic E-state index is 12.8. The molecule has 1 fully saturated rings. The van der Waals surface area contributed by atoms with Crippen LogP contribution in [0.15, 0.2) is 59.5 Å². The molecule has 0 saturated carbocycles. The van der Waals surface area contributed by atoms with E-state index in [1.165, 1.54) is 4.31 Å². The van der Waals surface area contributed by atoms with Crippen LogP contribution in [0.3, 0.4) is 0 Å². The Morgan fingerprint density at radius 1 is 0.969 bits per heavy atom. The van der Waals surface area contributed by atoms with Gasteiger partial charge in [0.05, 0.1) is 17.1 Å². The summed E-state index contributed by atoms with van der Waals surface area (Å²) >= 11 is 0. The van der Waals surface area contributed by atoms with Gasteiger partial charge in [0.15, 0.2) is 0 Å². The van der Waals surface area contributed by atoms with Crippen LogP contribution in [0.4, 0.5) is 5.69 Å². The highest BCUT2D eigenvalue weighted by Gasteiger charge is 2.25. The molecule has 1 aliphatic rings. The molecule has 0 spiro atoms. The number of benzene rings is 2. The molecule has 1 N–H and O–H groups in total. The Morgan fingerprint density at radius 2 is 1.62 bits per heavy atom. The molecule has 32 heavy (non-hydrogen) atoms. The van der Waals surface area contributed by atoms with Crippen LogP contribution in [-0.4, -0.2) is 41.5 Å². The van der Waals surface area contributed by atoms with Crippen molar-refractivity contribution in [3.63, 3.8) is 0 Å². The average molecular weight is 453 g/mol. The van der Waals surface area contributed by atoms with Crippen LogP contribution >= 0.6 is 0 Å². The highest BCUT2D eigenvalue weighted by molar-refractivity contribution is 7.89. The SMILES string of the molecule is Cc1cc(C)n(Cc2ccc(C(=O)Nc3ccc(S(=O)(=O)N4CCCCC4)cc3)cc2)n1.